The summed E-state index contributed by atoms with van der Waals surface area (Å²) in [6.45, 7) is 0. The molecule has 1 fully saturated rings. The zero-order chi connectivity index (χ0) is 30.0. The summed E-state index contributed by atoms with van der Waals surface area (Å²) >= 11 is 0. The number of methoxy groups -OCH3 is 1. The molecule has 212 valence electrons. The van der Waals surface area contributed by atoms with Gasteiger partial charge in [0.15, 0.2) is 17.3 Å². The Morgan fingerprint density at radius 3 is 2.28 bits per heavy atom. The monoisotopic (exact) mass is 574 g/mol. The predicted octanol–water partition coefficient (Wildman–Crippen LogP) is 6.06. The van der Waals surface area contributed by atoms with Gasteiger partial charge in [0.25, 0.3) is 5.69 Å². The van der Waals surface area contributed by atoms with Gasteiger partial charge >= 0.3 is 0 Å². The van der Waals surface area contributed by atoms with E-state index < -0.39 is 45.7 Å². The van der Waals surface area contributed by atoms with Gasteiger partial charge in [-0.3, -0.25) is 24.5 Å². The van der Waals surface area contributed by atoms with Crippen molar-refractivity contribution in [2.45, 2.75) is 18.0 Å². The molecule has 1 saturated heterocycles. The van der Waals surface area contributed by atoms with E-state index in [-0.39, 0.29) is 22.6 Å². The van der Waals surface area contributed by atoms with Crippen LogP contribution in [-0.4, -0.2) is 41.5 Å². The molecule has 4 aromatic rings. The van der Waals surface area contributed by atoms with E-state index in [2.05, 4.69) is 0 Å². The summed E-state index contributed by atoms with van der Waals surface area (Å²) in [7, 11) is 1.48. The van der Waals surface area contributed by atoms with Crippen LogP contribution >= 0.6 is 0 Å². The summed E-state index contributed by atoms with van der Waals surface area (Å²) < 4.78 is 19.8. The Labute approximate surface area is 245 Å². The number of anilines is 1. The molecule has 4 aromatic carbocycles. The molecule has 0 N–H and O–H groups in total. The lowest BCUT2D eigenvalue weighted by Crippen LogP contribution is -2.48. The Bertz CT molecular complexity index is 1860. The number of fused-ring (bicyclic) bond motifs is 5. The van der Waals surface area contributed by atoms with Gasteiger partial charge in [-0.25, -0.2) is 4.39 Å². The van der Waals surface area contributed by atoms with Crippen molar-refractivity contribution in [3.05, 3.63) is 141 Å². The molecule has 9 heteroatoms. The zero-order valence-corrected chi connectivity index (χ0v) is 22.8. The molecular formula is C34H23FN2O6. The highest BCUT2D eigenvalue weighted by Crippen LogP contribution is 2.61. The summed E-state index contributed by atoms with van der Waals surface area (Å²) in [6, 6.07) is 21.0. The van der Waals surface area contributed by atoms with E-state index in [0.29, 0.717) is 28.1 Å². The lowest BCUT2D eigenvalue weighted by molar-refractivity contribution is -0.384. The molecule has 3 aliphatic rings. The number of hydrogen-bond donors (Lipinski definition) is 0. The van der Waals surface area contributed by atoms with Gasteiger partial charge in [0, 0.05) is 46.0 Å². The van der Waals surface area contributed by atoms with Gasteiger partial charge in [0.05, 0.1) is 18.1 Å². The Morgan fingerprint density at radius 2 is 1.63 bits per heavy atom. The Kier molecular flexibility index (Phi) is 5.88. The van der Waals surface area contributed by atoms with Crippen LogP contribution in [0.3, 0.4) is 0 Å². The molecule has 3 atom stereocenters. The first-order valence-corrected chi connectivity index (χ1v) is 13.6. The first-order valence-electron chi connectivity index (χ1n) is 13.6. The van der Waals surface area contributed by atoms with Crippen molar-refractivity contribution in [1.29, 1.82) is 0 Å². The number of nitro benzene ring substituents is 1. The summed E-state index contributed by atoms with van der Waals surface area (Å²) in [6.07, 6.45) is 3.37. The fraction of sp³-hybridized carbons (Fsp3) is 0.147. The normalized spacial score (nSPS) is 21.0. The predicted molar refractivity (Wildman–Crippen MR) is 156 cm³/mol. The van der Waals surface area contributed by atoms with Crippen LogP contribution in [0.25, 0.3) is 6.08 Å². The van der Waals surface area contributed by atoms with Gasteiger partial charge in [0.1, 0.15) is 23.0 Å². The number of carbonyl (C=O) groups is 3. The van der Waals surface area contributed by atoms with E-state index in [1.54, 1.807) is 71.6 Å². The third-order valence-electron chi connectivity index (χ3n) is 8.85. The lowest BCUT2D eigenvalue weighted by Gasteiger charge is -2.37. The van der Waals surface area contributed by atoms with E-state index >= 15 is 0 Å². The van der Waals surface area contributed by atoms with Crippen LogP contribution in [0, 0.1) is 21.3 Å². The van der Waals surface area contributed by atoms with Crippen LogP contribution in [0.2, 0.25) is 0 Å². The maximum atomic E-state index is 14.7. The topological polar surface area (TPSA) is 107 Å². The van der Waals surface area contributed by atoms with Gasteiger partial charge in [0.2, 0.25) is 0 Å². The minimum atomic E-state index is -1.78. The summed E-state index contributed by atoms with van der Waals surface area (Å²) in [5.41, 5.74) is 0.275. The molecule has 0 bridgehead atoms. The Hall–Kier alpha value is -5.44. The molecular weight excluding hydrogens is 551 g/mol. The van der Waals surface area contributed by atoms with Crippen molar-refractivity contribution in [2.24, 2.45) is 5.41 Å². The number of nitro groups is 1. The third-order valence-corrected chi connectivity index (χ3v) is 8.85. The van der Waals surface area contributed by atoms with Crippen LogP contribution in [-0.2, 0) is 0 Å². The number of ether oxygens (including phenoxy) is 1. The number of carbonyl (C=O) groups excluding carboxylic acids is 3. The average Bonchev–Trinajstić information content (AvgIpc) is 3.46. The van der Waals surface area contributed by atoms with Gasteiger partial charge in [-0.2, -0.15) is 0 Å². The number of rotatable bonds is 5. The molecule has 0 unspecified atom stereocenters. The third kappa shape index (κ3) is 3.64. The minimum Gasteiger partial charge on any atom is -0.497 e. The first kappa shape index (κ1) is 26.5. The molecule has 2 heterocycles. The van der Waals surface area contributed by atoms with Crippen molar-refractivity contribution < 1.29 is 28.4 Å². The molecule has 1 aliphatic carbocycles. The summed E-state index contributed by atoms with van der Waals surface area (Å²) in [5.74, 6) is -2.32. The average molecular weight is 575 g/mol. The molecule has 0 saturated carbocycles. The van der Waals surface area contributed by atoms with E-state index in [9.17, 15) is 28.9 Å². The van der Waals surface area contributed by atoms with E-state index in [4.69, 9.17) is 4.74 Å². The van der Waals surface area contributed by atoms with Gasteiger partial charge in [-0.15, -0.1) is 0 Å². The minimum absolute atomic E-state index is 0.169. The van der Waals surface area contributed by atoms with Crippen molar-refractivity contribution in [3.63, 3.8) is 0 Å². The number of non-ortho nitro benzene ring substituents is 1. The number of halogens is 1. The lowest BCUT2D eigenvalue weighted by atomic mass is 9.64. The van der Waals surface area contributed by atoms with E-state index in [1.165, 1.54) is 43.5 Å². The van der Waals surface area contributed by atoms with E-state index in [0.717, 1.165) is 0 Å². The van der Waals surface area contributed by atoms with Crippen LogP contribution < -0.4 is 9.64 Å². The van der Waals surface area contributed by atoms with Crippen LogP contribution in [0.15, 0.2) is 97.1 Å². The van der Waals surface area contributed by atoms with Crippen LogP contribution in [0.5, 0.6) is 5.75 Å². The molecule has 8 nitrogen and oxygen atoms in total. The summed E-state index contributed by atoms with van der Waals surface area (Å²) in [5, 5.41) is 11.5. The SMILES string of the molecule is COc1cccc(C(=O)[C@@H]2[C@@H](c3ccc([N+](=O)[O-])cc3)C3(C(=O)c4ccccc4C3=O)[C@@H]3C=Cc4cc(F)ccc4N23)c1. The largest absolute Gasteiger partial charge is 0.497 e. The van der Waals surface area contributed by atoms with E-state index in [1.807, 2.05) is 0 Å². The quantitative estimate of drug-likeness (QED) is 0.123. The standard InChI is InChI=1S/C34H23FN2O6/c1-43-24-6-4-5-21(18-24)31(38)30-29(19-9-13-23(14-10-19)37(41)42)34(32(39)25-7-2-3-8-26(25)33(34)40)28-16-11-20-17-22(35)12-15-27(20)36(28)30/h2-18,28-30H,1H3/t28-,29+,30-/m0/s1. The van der Waals surface area contributed by atoms with Crippen LogP contribution in [0.4, 0.5) is 15.8 Å². The Balaban J connectivity index is 1.54. The van der Waals surface area contributed by atoms with Gasteiger partial charge in [-0.1, -0.05) is 60.7 Å². The van der Waals surface area contributed by atoms with Crippen molar-refractivity contribution in [3.8, 4) is 5.75 Å². The highest BCUT2D eigenvalue weighted by molar-refractivity contribution is 6.32. The zero-order valence-electron chi connectivity index (χ0n) is 22.8. The molecule has 0 amide bonds. The number of nitrogens with zero attached hydrogens (tertiary/aromatic N) is 2. The molecule has 1 spiro atoms. The van der Waals surface area contributed by atoms with Crippen LogP contribution in [0.1, 0.15) is 48.1 Å². The second kappa shape index (κ2) is 9.55. The Morgan fingerprint density at radius 1 is 0.930 bits per heavy atom. The molecule has 2 aliphatic heterocycles. The van der Waals surface area contributed by atoms with Crippen molar-refractivity contribution in [1.82, 2.24) is 0 Å². The molecule has 7 rings (SSSR count). The molecule has 43 heavy (non-hydrogen) atoms. The first-order chi connectivity index (χ1) is 20.8. The smallest absolute Gasteiger partial charge is 0.269 e. The summed E-state index contributed by atoms with van der Waals surface area (Å²) in [4.78, 5) is 56.7. The highest BCUT2D eigenvalue weighted by Gasteiger charge is 2.71. The molecule has 0 aromatic heterocycles. The fourth-order valence-corrected chi connectivity index (χ4v) is 7.07. The fourth-order valence-electron chi connectivity index (χ4n) is 7.07. The van der Waals surface area contributed by atoms with Gasteiger partial charge < -0.3 is 9.64 Å². The number of benzene rings is 4. The number of ketones is 3. The van der Waals surface area contributed by atoms with Crippen molar-refractivity contribution in [2.75, 3.05) is 12.0 Å². The molecule has 0 radical (unpaired) electrons. The van der Waals surface area contributed by atoms with Crippen molar-refractivity contribution >= 4 is 34.8 Å². The maximum Gasteiger partial charge on any atom is 0.269 e. The maximum absolute atomic E-state index is 14.7. The van der Waals surface area contributed by atoms with Gasteiger partial charge in [-0.05, 0) is 35.9 Å². The number of Topliss-reactive ketones (excluding diaryl/α,β-unsaturated/α-hetero) is 3. The second-order valence-corrected chi connectivity index (χ2v) is 10.9. The second-order valence-electron chi connectivity index (χ2n) is 10.9. The number of hydrogen-bond acceptors (Lipinski definition) is 7. The highest BCUT2D eigenvalue weighted by atomic mass is 19.1.